The van der Waals surface area contributed by atoms with Gasteiger partial charge in [-0.1, -0.05) is 35.3 Å². The second kappa shape index (κ2) is 11.9. The van der Waals surface area contributed by atoms with Crippen LogP contribution in [0.25, 0.3) is 0 Å². The van der Waals surface area contributed by atoms with Gasteiger partial charge in [-0.2, -0.15) is 15.6 Å². The van der Waals surface area contributed by atoms with E-state index in [2.05, 4.69) is 15.1 Å². The second-order valence-electron chi connectivity index (χ2n) is 5.79. The fraction of sp³-hybridized carbons (Fsp3) is 0.200. The lowest BCUT2D eigenvalue weighted by Gasteiger charge is -2.03. The summed E-state index contributed by atoms with van der Waals surface area (Å²) in [5, 5.41) is 22.2. The lowest BCUT2D eigenvalue weighted by atomic mass is 10.2. The number of hydrogen-bond acceptors (Lipinski definition) is 7. The number of nitriles is 2. The fourth-order valence-electron chi connectivity index (χ4n) is 2.30. The molecule has 158 valence electrons. The number of rotatable bonds is 5. The molecule has 0 aliphatic heterocycles. The summed E-state index contributed by atoms with van der Waals surface area (Å²) >= 11 is 16.8. The fourth-order valence-corrected chi connectivity index (χ4v) is 2.81. The standard InChI is InChI=1S/C13H11ClN4O2.C7H4Cl2N2/c1-2-20-13(19)10-6-16-18(8-10)7-9-3-4-12(14)17-11(9)5-15;8-3-5-1-2-7(9)11-6(5)4-10/h3-4,6,8H,2,7H2,1H3;1-2H,3H2. The molecule has 0 atom stereocenters. The van der Waals surface area contributed by atoms with Gasteiger partial charge in [-0.3, -0.25) is 4.68 Å². The van der Waals surface area contributed by atoms with Crippen LogP contribution in [0.3, 0.4) is 0 Å². The van der Waals surface area contributed by atoms with Crippen LogP contribution < -0.4 is 0 Å². The predicted molar refractivity (Wildman–Crippen MR) is 115 cm³/mol. The van der Waals surface area contributed by atoms with Crippen LogP contribution in [-0.4, -0.2) is 32.3 Å². The molecule has 0 radical (unpaired) electrons. The quantitative estimate of drug-likeness (QED) is 0.304. The summed E-state index contributed by atoms with van der Waals surface area (Å²) in [5.74, 6) is -0.138. The molecule has 8 nitrogen and oxygen atoms in total. The van der Waals surface area contributed by atoms with Crippen molar-refractivity contribution in [2.75, 3.05) is 6.61 Å². The van der Waals surface area contributed by atoms with Crippen LogP contribution in [0.4, 0.5) is 0 Å². The smallest absolute Gasteiger partial charge is 0.341 e. The summed E-state index contributed by atoms with van der Waals surface area (Å²) in [4.78, 5) is 19.2. The highest BCUT2D eigenvalue weighted by molar-refractivity contribution is 6.29. The Bertz CT molecular complexity index is 1150. The summed E-state index contributed by atoms with van der Waals surface area (Å²) in [6, 6.07) is 10.5. The molecule has 0 aliphatic carbocycles. The van der Waals surface area contributed by atoms with E-state index in [9.17, 15) is 4.79 Å². The number of pyridine rings is 2. The Morgan fingerprint density at radius 2 is 1.65 bits per heavy atom. The van der Waals surface area contributed by atoms with Gasteiger partial charge in [0.25, 0.3) is 0 Å². The number of nitrogens with zero attached hydrogens (tertiary/aromatic N) is 6. The number of ether oxygens (including phenoxy) is 1. The average molecular weight is 478 g/mol. The number of carbonyl (C=O) groups excluding carboxylic acids is 1. The van der Waals surface area contributed by atoms with E-state index in [0.717, 1.165) is 0 Å². The number of hydrogen-bond donors (Lipinski definition) is 0. The zero-order chi connectivity index (χ0) is 22.8. The van der Waals surface area contributed by atoms with Crippen LogP contribution in [0.1, 0.15) is 39.8 Å². The van der Waals surface area contributed by atoms with Crippen LogP contribution >= 0.6 is 34.8 Å². The Kier molecular flexibility index (Phi) is 9.23. The molecule has 31 heavy (non-hydrogen) atoms. The first-order valence-electron chi connectivity index (χ1n) is 8.78. The van der Waals surface area contributed by atoms with E-state index in [4.69, 9.17) is 50.1 Å². The Labute approximate surface area is 193 Å². The molecule has 11 heteroatoms. The zero-order valence-corrected chi connectivity index (χ0v) is 18.5. The molecule has 0 unspecified atom stereocenters. The SMILES string of the molecule is CCOC(=O)c1cnn(Cc2ccc(Cl)nc2C#N)c1.N#Cc1nc(Cl)ccc1CCl. The summed E-state index contributed by atoms with van der Waals surface area (Å²) < 4.78 is 6.42. The lowest BCUT2D eigenvalue weighted by molar-refractivity contribution is 0.0526. The van der Waals surface area contributed by atoms with E-state index >= 15 is 0 Å². The molecule has 3 rings (SSSR count). The van der Waals surface area contributed by atoms with Gasteiger partial charge in [0.1, 0.15) is 33.8 Å². The van der Waals surface area contributed by atoms with Gasteiger partial charge >= 0.3 is 5.97 Å². The number of aromatic nitrogens is 4. The average Bonchev–Trinajstić information content (AvgIpc) is 3.24. The molecule has 0 fully saturated rings. The number of esters is 1. The summed E-state index contributed by atoms with van der Waals surface area (Å²) in [6.45, 7) is 2.37. The van der Waals surface area contributed by atoms with Gasteiger partial charge in [0.05, 0.1) is 30.8 Å². The van der Waals surface area contributed by atoms with Crippen LogP contribution in [0.2, 0.25) is 10.3 Å². The van der Waals surface area contributed by atoms with Gasteiger partial charge in [0.2, 0.25) is 0 Å². The van der Waals surface area contributed by atoms with Crippen molar-refractivity contribution < 1.29 is 9.53 Å². The van der Waals surface area contributed by atoms with Crippen molar-refractivity contribution in [3.8, 4) is 12.1 Å². The molecular formula is C20H15Cl3N6O2. The third kappa shape index (κ3) is 6.94. The second-order valence-corrected chi connectivity index (χ2v) is 6.83. The number of alkyl halides is 1. The van der Waals surface area contributed by atoms with Crippen LogP contribution in [-0.2, 0) is 17.2 Å². The van der Waals surface area contributed by atoms with Gasteiger partial charge in [0.15, 0.2) is 0 Å². The van der Waals surface area contributed by atoms with Crippen molar-refractivity contribution >= 4 is 40.8 Å². The molecular weight excluding hydrogens is 463 g/mol. The monoisotopic (exact) mass is 476 g/mol. The molecule has 0 N–H and O–H groups in total. The highest BCUT2D eigenvalue weighted by Crippen LogP contribution is 2.13. The third-order valence-electron chi connectivity index (χ3n) is 3.72. The van der Waals surface area contributed by atoms with E-state index in [1.165, 1.54) is 10.9 Å². The molecule has 3 heterocycles. The normalized spacial score (nSPS) is 9.74. The number of halogens is 3. The Balaban J connectivity index is 0.000000262. The molecule has 0 aromatic carbocycles. The van der Waals surface area contributed by atoms with Crippen molar-refractivity contribution in [1.29, 1.82) is 10.5 Å². The Morgan fingerprint density at radius 3 is 2.19 bits per heavy atom. The van der Waals surface area contributed by atoms with Gasteiger partial charge in [-0.05, 0) is 19.1 Å². The van der Waals surface area contributed by atoms with Crippen molar-refractivity contribution in [3.05, 3.63) is 75.0 Å². The summed E-state index contributed by atoms with van der Waals surface area (Å²) in [7, 11) is 0. The first-order valence-corrected chi connectivity index (χ1v) is 10.1. The highest BCUT2D eigenvalue weighted by Gasteiger charge is 2.11. The first kappa shape index (κ1) is 24.1. The van der Waals surface area contributed by atoms with E-state index < -0.39 is 5.97 Å². The van der Waals surface area contributed by atoms with Crippen LogP contribution in [0.15, 0.2) is 36.7 Å². The zero-order valence-electron chi connectivity index (χ0n) is 16.2. The van der Waals surface area contributed by atoms with Gasteiger partial charge in [0, 0.05) is 17.3 Å². The minimum absolute atomic E-state index is 0.241. The van der Waals surface area contributed by atoms with E-state index in [0.29, 0.717) is 40.7 Å². The van der Waals surface area contributed by atoms with Gasteiger partial charge < -0.3 is 4.74 Å². The third-order valence-corrected chi connectivity index (χ3v) is 4.43. The van der Waals surface area contributed by atoms with E-state index in [-0.39, 0.29) is 16.7 Å². The maximum atomic E-state index is 11.5. The van der Waals surface area contributed by atoms with Crippen molar-refractivity contribution in [3.63, 3.8) is 0 Å². The molecule has 0 aliphatic rings. The summed E-state index contributed by atoms with van der Waals surface area (Å²) in [5.41, 5.74) is 2.29. The molecule has 3 aromatic heterocycles. The maximum Gasteiger partial charge on any atom is 0.341 e. The molecule has 0 bridgehead atoms. The Morgan fingerprint density at radius 1 is 1.06 bits per heavy atom. The van der Waals surface area contributed by atoms with Crippen molar-refractivity contribution in [2.24, 2.45) is 0 Å². The predicted octanol–water partition coefficient (Wildman–Crippen LogP) is 4.37. The summed E-state index contributed by atoms with van der Waals surface area (Å²) in [6.07, 6.45) is 2.99. The van der Waals surface area contributed by atoms with E-state index in [1.807, 2.05) is 12.1 Å². The lowest BCUT2D eigenvalue weighted by Crippen LogP contribution is -2.05. The molecule has 0 amide bonds. The van der Waals surface area contributed by atoms with Gasteiger partial charge in [-0.15, -0.1) is 11.6 Å². The van der Waals surface area contributed by atoms with Crippen molar-refractivity contribution in [2.45, 2.75) is 19.3 Å². The van der Waals surface area contributed by atoms with Crippen LogP contribution in [0, 0.1) is 22.7 Å². The molecule has 3 aromatic rings. The Hall–Kier alpha value is -3.17. The topological polar surface area (TPSA) is 117 Å². The highest BCUT2D eigenvalue weighted by atomic mass is 35.5. The number of carbonyl (C=O) groups is 1. The van der Waals surface area contributed by atoms with Crippen LogP contribution in [0.5, 0.6) is 0 Å². The first-order chi connectivity index (χ1) is 14.9. The van der Waals surface area contributed by atoms with E-state index in [1.54, 1.807) is 37.4 Å². The van der Waals surface area contributed by atoms with Gasteiger partial charge in [-0.25, -0.2) is 14.8 Å². The minimum atomic E-state index is -0.423. The minimum Gasteiger partial charge on any atom is -0.462 e. The molecule has 0 saturated carbocycles. The molecule has 0 spiro atoms. The van der Waals surface area contributed by atoms with Crippen molar-refractivity contribution in [1.82, 2.24) is 19.7 Å². The molecule has 0 saturated heterocycles. The maximum absolute atomic E-state index is 11.5. The largest absolute Gasteiger partial charge is 0.462 e.